The third-order valence-corrected chi connectivity index (χ3v) is 6.47. The Labute approximate surface area is 241 Å². The van der Waals surface area contributed by atoms with Crippen LogP contribution in [0.2, 0.25) is 0 Å². The summed E-state index contributed by atoms with van der Waals surface area (Å²) < 4.78 is 38.2. The number of Topliss-reactive ketones (excluding diaryl/α,β-unsaturated/α-hetero) is 1. The van der Waals surface area contributed by atoms with Crippen LogP contribution in [0.1, 0.15) is 23.2 Å². The number of nitrogen functional groups attached to an aromatic ring is 1. The maximum absolute atomic E-state index is 12.2. The van der Waals surface area contributed by atoms with Gasteiger partial charge in [0.25, 0.3) is 10.1 Å². The van der Waals surface area contributed by atoms with E-state index in [1.165, 1.54) is 19.4 Å². The van der Waals surface area contributed by atoms with E-state index in [2.05, 4.69) is 19.9 Å². The number of nitrogens with two attached hydrogens (primary N) is 1. The van der Waals surface area contributed by atoms with E-state index in [0.717, 1.165) is 5.56 Å². The van der Waals surface area contributed by atoms with Gasteiger partial charge in [-0.05, 0) is 23.6 Å². The number of carbonyl (C=O) groups excluding carboxylic acids is 2. The number of hydrogen-bond donors (Lipinski definition) is 2. The van der Waals surface area contributed by atoms with Crippen molar-refractivity contribution in [3.63, 3.8) is 0 Å². The van der Waals surface area contributed by atoms with Gasteiger partial charge in [0.2, 0.25) is 0 Å². The number of esters is 1. The molecular formula is C26H22N4NaO6S. The molecular weight excluding hydrogens is 519 g/mol. The smallest absolute Gasteiger partial charge is 0.305 e. The van der Waals surface area contributed by atoms with Crippen LogP contribution in [0.5, 0.6) is 0 Å². The number of azo groups is 1. The summed E-state index contributed by atoms with van der Waals surface area (Å²) in [6.45, 7) is 0. The number of ether oxygens (including phenoxy) is 1. The van der Waals surface area contributed by atoms with Crippen molar-refractivity contribution in [1.29, 1.82) is 0 Å². The molecule has 1 aromatic heterocycles. The minimum Gasteiger partial charge on any atom is -0.469 e. The van der Waals surface area contributed by atoms with E-state index in [1.54, 1.807) is 60.7 Å². The predicted molar refractivity (Wildman–Crippen MR) is 143 cm³/mol. The van der Waals surface area contributed by atoms with Gasteiger partial charge in [0.05, 0.1) is 31.1 Å². The Morgan fingerprint density at radius 3 is 2.34 bits per heavy atom. The zero-order chi connectivity index (χ0) is 26.6. The number of pyridine rings is 1. The van der Waals surface area contributed by atoms with Crippen LogP contribution in [0.3, 0.4) is 0 Å². The molecule has 3 aromatic carbocycles. The van der Waals surface area contributed by atoms with Crippen LogP contribution in [0.4, 0.5) is 17.1 Å². The molecule has 0 fully saturated rings. The number of benzene rings is 3. The summed E-state index contributed by atoms with van der Waals surface area (Å²) >= 11 is 0. The van der Waals surface area contributed by atoms with E-state index in [4.69, 9.17) is 5.73 Å². The molecule has 0 unspecified atom stereocenters. The first-order valence-corrected chi connectivity index (χ1v) is 12.5. The third-order valence-electron chi connectivity index (χ3n) is 5.60. The van der Waals surface area contributed by atoms with Gasteiger partial charge in [0, 0.05) is 52.5 Å². The molecule has 12 heteroatoms. The summed E-state index contributed by atoms with van der Waals surface area (Å²) in [6, 6.07) is 18.3. The van der Waals surface area contributed by atoms with Crippen molar-refractivity contribution in [1.82, 2.24) is 4.98 Å². The largest absolute Gasteiger partial charge is 0.469 e. The second kappa shape index (κ2) is 12.4. The second-order valence-corrected chi connectivity index (χ2v) is 9.40. The Morgan fingerprint density at radius 2 is 1.71 bits per heavy atom. The molecule has 0 saturated heterocycles. The molecule has 4 rings (SSSR count). The molecule has 0 amide bonds. The Balaban J connectivity index is 0.00000400. The normalized spacial score (nSPS) is 11.3. The van der Waals surface area contributed by atoms with Crippen molar-refractivity contribution >= 4 is 79.3 Å². The van der Waals surface area contributed by atoms with Gasteiger partial charge in [-0.25, -0.2) is 0 Å². The number of hydrogen-bond acceptors (Lipinski definition) is 9. The van der Waals surface area contributed by atoms with Crippen molar-refractivity contribution in [2.24, 2.45) is 10.2 Å². The summed E-state index contributed by atoms with van der Waals surface area (Å²) in [5, 5.41) is 9.18. The molecule has 1 radical (unpaired) electrons. The first kappa shape index (κ1) is 29.1. The van der Waals surface area contributed by atoms with E-state index >= 15 is 0 Å². The van der Waals surface area contributed by atoms with Crippen LogP contribution >= 0.6 is 0 Å². The minimum absolute atomic E-state index is 0. The van der Waals surface area contributed by atoms with Gasteiger partial charge in [-0.15, -0.1) is 10.2 Å². The van der Waals surface area contributed by atoms with Gasteiger partial charge in [0.1, 0.15) is 16.3 Å². The number of fused-ring (bicyclic) bond motifs is 1. The van der Waals surface area contributed by atoms with Crippen molar-refractivity contribution in [2.75, 3.05) is 12.8 Å². The van der Waals surface area contributed by atoms with E-state index < -0.39 is 21.0 Å². The molecule has 0 spiro atoms. The van der Waals surface area contributed by atoms with E-state index in [9.17, 15) is 22.6 Å². The number of rotatable bonds is 8. The number of ketones is 1. The van der Waals surface area contributed by atoms with Crippen molar-refractivity contribution in [2.45, 2.75) is 17.7 Å². The Morgan fingerprint density at radius 1 is 1.00 bits per heavy atom. The molecule has 0 aliphatic heterocycles. The maximum atomic E-state index is 12.2. The number of aromatic nitrogens is 1. The van der Waals surface area contributed by atoms with Crippen molar-refractivity contribution in [3.05, 3.63) is 78.5 Å². The molecule has 3 N–H and O–H groups in total. The Bertz CT molecular complexity index is 1620. The van der Waals surface area contributed by atoms with Crippen LogP contribution in [-0.4, -0.2) is 66.4 Å². The third kappa shape index (κ3) is 6.69. The summed E-state index contributed by atoms with van der Waals surface area (Å²) in [4.78, 5) is 27.4. The number of nitrogens with zero attached hydrogens (tertiary/aromatic N) is 3. The van der Waals surface area contributed by atoms with Gasteiger partial charge in [-0.3, -0.25) is 19.1 Å². The second-order valence-electron chi connectivity index (χ2n) is 8.01. The zero-order valence-corrected chi connectivity index (χ0v) is 23.5. The van der Waals surface area contributed by atoms with Gasteiger partial charge in [-0.1, -0.05) is 48.5 Å². The summed E-state index contributed by atoms with van der Waals surface area (Å²) in [7, 11) is -3.34. The van der Waals surface area contributed by atoms with Crippen molar-refractivity contribution in [3.8, 4) is 11.3 Å². The molecule has 189 valence electrons. The maximum Gasteiger partial charge on any atom is 0.305 e. The summed E-state index contributed by atoms with van der Waals surface area (Å²) in [5.74, 6) is -0.609. The first-order chi connectivity index (χ1) is 17.7. The fourth-order valence-electron chi connectivity index (χ4n) is 3.65. The van der Waals surface area contributed by atoms with Crippen LogP contribution in [-0.2, 0) is 19.6 Å². The Kier molecular flexibility index (Phi) is 9.47. The first-order valence-electron chi connectivity index (χ1n) is 11.0. The Hall–Kier alpha value is -3.48. The molecule has 0 bridgehead atoms. The topological polar surface area (TPSA) is 161 Å². The van der Waals surface area contributed by atoms with Gasteiger partial charge in [-0.2, -0.15) is 8.42 Å². The molecule has 4 aromatic rings. The average molecular weight is 542 g/mol. The molecule has 0 aliphatic carbocycles. The van der Waals surface area contributed by atoms with E-state index in [1.807, 2.05) is 0 Å². The van der Waals surface area contributed by atoms with Crippen LogP contribution in [0, 0.1) is 0 Å². The van der Waals surface area contributed by atoms with E-state index in [0.29, 0.717) is 27.7 Å². The fraction of sp³-hybridized carbons (Fsp3) is 0.115. The van der Waals surface area contributed by atoms with Gasteiger partial charge >= 0.3 is 5.97 Å². The number of methoxy groups -OCH3 is 1. The summed E-state index contributed by atoms with van der Waals surface area (Å²) in [5.41, 5.74) is 8.22. The SMILES string of the molecule is COC(=O)CCC(=O)c1ccc(-c2ccc(N=Nc3c(S(=O)(=O)O)cc4ccccc4c3N)cn2)cc1.[Na]. The van der Waals surface area contributed by atoms with Crippen LogP contribution < -0.4 is 5.73 Å². The minimum atomic E-state index is -4.61. The molecule has 38 heavy (non-hydrogen) atoms. The molecule has 1 heterocycles. The van der Waals surface area contributed by atoms with Crippen molar-refractivity contribution < 1.29 is 27.3 Å². The van der Waals surface area contributed by atoms with E-state index in [-0.39, 0.29) is 59.6 Å². The number of carbonyl (C=O) groups is 2. The summed E-state index contributed by atoms with van der Waals surface area (Å²) in [6.07, 6.45) is 1.52. The number of anilines is 1. The zero-order valence-electron chi connectivity index (χ0n) is 20.7. The van der Waals surface area contributed by atoms with Crippen LogP contribution in [0.25, 0.3) is 22.0 Å². The van der Waals surface area contributed by atoms with Gasteiger partial charge < -0.3 is 10.5 Å². The fourth-order valence-corrected chi connectivity index (χ4v) is 4.32. The predicted octanol–water partition coefficient (Wildman–Crippen LogP) is 4.90. The quantitative estimate of drug-likeness (QED) is 0.0795. The average Bonchev–Trinajstić information content (AvgIpc) is 2.90. The standard InChI is InChI=1S/C26H22N4O6S.Na/c1-36-24(32)13-12-22(31)17-8-6-16(7-9-17)21-11-10-19(15-28-21)29-30-26-23(37(33,34)35)14-18-4-2-3-5-20(18)25(26)27;/h2-11,14-15H,12-13,27H2,1H3,(H,33,34,35);. The van der Waals surface area contributed by atoms with Gasteiger partial charge in [0.15, 0.2) is 5.78 Å². The molecule has 0 aliphatic rings. The monoisotopic (exact) mass is 541 g/mol. The van der Waals surface area contributed by atoms with Crippen LogP contribution in [0.15, 0.2) is 88.1 Å². The molecule has 0 saturated carbocycles. The molecule has 10 nitrogen and oxygen atoms in total. The molecule has 0 atom stereocenters.